The Bertz CT molecular complexity index is 629. The van der Waals surface area contributed by atoms with Crippen LogP contribution in [0.4, 0.5) is 0 Å². The van der Waals surface area contributed by atoms with Gasteiger partial charge in [-0.1, -0.05) is 31.2 Å². The Morgan fingerprint density at radius 2 is 2.11 bits per heavy atom. The molecule has 0 radical (unpaired) electrons. The predicted octanol–water partition coefficient (Wildman–Crippen LogP) is 2.57. The Hall–Kier alpha value is -2.43. The van der Waals surface area contributed by atoms with Gasteiger partial charge in [0.25, 0.3) is 5.89 Å². The summed E-state index contributed by atoms with van der Waals surface area (Å²) in [5.74, 6) is -0.630. The number of carboxylic acid groups (broad SMARTS) is 1. The Morgan fingerprint density at radius 1 is 1.37 bits per heavy atom. The number of hydrogen-bond donors (Lipinski definition) is 1. The molecule has 0 aliphatic carbocycles. The lowest BCUT2D eigenvalue weighted by atomic mass is 10.1. The van der Waals surface area contributed by atoms with E-state index in [0.29, 0.717) is 12.3 Å². The highest BCUT2D eigenvalue weighted by atomic mass is 16.4. The van der Waals surface area contributed by atoms with Crippen molar-refractivity contribution >= 4 is 17.6 Å². The maximum atomic E-state index is 11.3. The minimum atomic E-state index is -1.09. The van der Waals surface area contributed by atoms with Crippen LogP contribution in [0.2, 0.25) is 0 Å². The molecule has 5 heteroatoms. The molecule has 2 rings (SSSR count). The minimum absolute atomic E-state index is 0.00139. The van der Waals surface area contributed by atoms with Crippen molar-refractivity contribution in [2.24, 2.45) is 0 Å². The molecule has 1 N–H and O–H groups in total. The van der Waals surface area contributed by atoms with Gasteiger partial charge in [-0.3, -0.25) is 0 Å². The first-order valence-corrected chi connectivity index (χ1v) is 5.95. The molecular weight excluding hydrogens is 244 g/mol. The van der Waals surface area contributed by atoms with E-state index in [-0.39, 0.29) is 11.5 Å². The summed E-state index contributed by atoms with van der Waals surface area (Å²) in [5.41, 5.74) is 1.80. The summed E-state index contributed by atoms with van der Waals surface area (Å²) >= 11 is 0. The molecule has 5 nitrogen and oxygen atoms in total. The van der Waals surface area contributed by atoms with Crippen LogP contribution in [0.25, 0.3) is 11.6 Å². The third-order valence-electron chi connectivity index (χ3n) is 2.72. The van der Waals surface area contributed by atoms with Crippen molar-refractivity contribution < 1.29 is 14.3 Å². The summed E-state index contributed by atoms with van der Waals surface area (Å²) < 4.78 is 5.30. The number of hydrogen-bond acceptors (Lipinski definition) is 4. The quantitative estimate of drug-likeness (QED) is 0.853. The largest absolute Gasteiger partial charge is 0.477 e. The van der Waals surface area contributed by atoms with Crippen LogP contribution >= 0.6 is 0 Å². The summed E-state index contributed by atoms with van der Waals surface area (Å²) in [7, 11) is 0. The Labute approximate surface area is 110 Å². The van der Waals surface area contributed by atoms with Gasteiger partial charge >= 0.3 is 5.97 Å². The van der Waals surface area contributed by atoms with Crippen LogP contribution < -0.4 is 0 Å². The van der Waals surface area contributed by atoms with Crippen LogP contribution in [-0.2, 0) is 11.2 Å². The van der Waals surface area contributed by atoms with Gasteiger partial charge in [0.1, 0.15) is 5.57 Å². The van der Waals surface area contributed by atoms with E-state index in [1.165, 1.54) is 0 Å². The summed E-state index contributed by atoms with van der Waals surface area (Å²) in [6.45, 7) is 3.78. The molecule has 1 aromatic heterocycles. The summed E-state index contributed by atoms with van der Waals surface area (Å²) in [4.78, 5) is 11.3. The first kappa shape index (κ1) is 13.0. The summed E-state index contributed by atoms with van der Waals surface area (Å²) in [5, 5.41) is 16.8. The zero-order chi connectivity index (χ0) is 13.8. The smallest absolute Gasteiger partial charge is 0.341 e. The fraction of sp³-hybridized carbons (Fsp3) is 0.214. The molecule has 0 saturated heterocycles. The van der Waals surface area contributed by atoms with E-state index in [0.717, 1.165) is 11.1 Å². The van der Waals surface area contributed by atoms with Crippen molar-refractivity contribution in [3.8, 4) is 0 Å². The maximum absolute atomic E-state index is 11.3. The number of carbonyl (C=O) groups is 1. The third kappa shape index (κ3) is 2.88. The van der Waals surface area contributed by atoms with Crippen LogP contribution in [0, 0.1) is 6.92 Å². The highest BCUT2D eigenvalue weighted by Gasteiger charge is 2.17. The van der Waals surface area contributed by atoms with Gasteiger partial charge in [-0.25, -0.2) is 4.79 Å². The van der Waals surface area contributed by atoms with E-state index < -0.39 is 5.97 Å². The number of aryl methyl sites for hydroxylation is 2. The van der Waals surface area contributed by atoms with Gasteiger partial charge in [0.05, 0.1) is 0 Å². The van der Waals surface area contributed by atoms with Crippen LogP contribution in [0.5, 0.6) is 0 Å². The van der Waals surface area contributed by atoms with Gasteiger partial charge < -0.3 is 9.52 Å². The first-order valence-electron chi connectivity index (χ1n) is 5.95. The minimum Gasteiger partial charge on any atom is -0.477 e. The number of nitrogens with zero attached hydrogens (tertiary/aromatic N) is 2. The highest BCUT2D eigenvalue weighted by Crippen LogP contribution is 2.19. The molecule has 19 heavy (non-hydrogen) atoms. The van der Waals surface area contributed by atoms with Crippen LogP contribution in [-0.4, -0.2) is 21.3 Å². The van der Waals surface area contributed by atoms with Crippen molar-refractivity contribution in [2.45, 2.75) is 20.3 Å². The van der Waals surface area contributed by atoms with Gasteiger partial charge in [0.15, 0.2) is 0 Å². The molecule has 0 bridgehead atoms. The van der Waals surface area contributed by atoms with Crippen molar-refractivity contribution in [1.29, 1.82) is 0 Å². The van der Waals surface area contributed by atoms with Gasteiger partial charge in [-0.05, 0) is 24.1 Å². The first-order chi connectivity index (χ1) is 9.11. The van der Waals surface area contributed by atoms with Crippen molar-refractivity contribution in [3.63, 3.8) is 0 Å². The zero-order valence-electron chi connectivity index (χ0n) is 10.8. The summed E-state index contributed by atoms with van der Waals surface area (Å²) in [6, 6.07) is 7.50. The topological polar surface area (TPSA) is 76.2 Å². The highest BCUT2D eigenvalue weighted by molar-refractivity contribution is 6.19. The SMILES string of the molecule is CCc1nnc(/C(=C/c2ccccc2C)C(=O)O)o1. The second-order valence-electron chi connectivity index (χ2n) is 4.07. The Balaban J connectivity index is 2.46. The standard InChI is InChI=1S/C14H14N2O3/c1-3-12-15-16-13(19-12)11(14(17)18)8-10-7-5-4-6-9(10)2/h4-8H,3H2,1-2H3,(H,17,18)/b11-8-. The summed E-state index contributed by atoms with van der Waals surface area (Å²) in [6.07, 6.45) is 2.12. The van der Waals surface area contributed by atoms with E-state index in [1.54, 1.807) is 6.08 Å². The molecule has 0 aliphatic heterocycles. The second kappa shape index (κ2) is 5.48. The molecule has 0 aliphatic rings. The molecule has 0 spiro atoms. The Kier molecular flexibility index (Phi) is 3.75. The molecular formula is C14H14N2O3. The third-order valence-corrected chi connectivity index (χ3v) is 2.72. The van der Waals surface area contributed by atoms with E-state index in [9.17, 15) is 9.90 Å². The molecule has 98 valence electrons. The molecule has 0 unspecified atom stereocenters. The monoisotopic (exact) mass is 258 g/mol. The number of rotatable bonds is 4. The van der Waals surface area contributed by atoms with Crippen molar-refractivity contribution in [1.82, 2.24) is 10.2 Å². The lowest BCUT2D eigenvalue weighted by Gasteiger charge is -2.01. The number of aromatic nitrogens is 2. The fourth-order valence-electron chi connectivity index (χ4n) is 1.62. The van der Waals surface area contributed by atoms with Gasteiger partial charge in [0.2, 0.25) is 5.89 Å². The lowest BCUT2D eigenvalue weighted by molar-refractivity contribution is -0.130. The van der Waals surface area contributed by atoms with Crippen molar-refractivity contribution in [3.05, 3.63) is 47.2 Å². The maximum Gasteiger partial charge on any atom is 0.341 e. The van der Waals surface area contributed by atoms with Crippen molar-refractivity contribution in [2.75, 3.05) is 0 Å². The van der Waals surface area contributed by atoms with E-state index in [2.05, 4.69) is 10.2 Å². The van der Waals surface area contributed by atoms with Gasteiger partial charge in [0, 0.05) is 6.42 Å². The predicted molar refractivity (Wildman–Crippen MR) is 70.4 cm³/mol. The normalized spacial score (nSPS) is 11.6. The molecule has 1 heterocycles. The Morgan fingerprint density at radius 3 is 2.68 bits per heavy atom. The second-order valence-corrected chi connectivity index (χ2v) is 4.07. The molecule has 0 saturated carbocycles. The van der Waals surface area contributed by atoms with Gasteiger partial charge in [-0.15, -0.1) is 10.2 Å². The molecule has 0 atom stereocenters. The molecule has 1 aromatic carbocycles. The van der Waals surface area contributed by atoms with Gasteiger partial charge in [-0.2, -0.15) is 0 Å². The zero-order valence-corrected chi connectivity index (χ0v) is 10.8. The van der Waals surface area contributed by atoms with Crippen LogP contribution in [0.1, 0.15) is 29.8 Å². The lowest BCUT2D eigenvalue weighted by Crippen LogP contribution is -2.00. The number of benzene rings is 1. The van der Waals surface area contributed by atoms with Crippen LogP contribution in [0.3, 0.4) is 0 Å². The molecule has 0 fully saturated rings. The number of aliphatic carboxylic acids is 1. The van der Waals surface area contributed by atoms with E-state index >= 15 is 0 Å². The average Bonchev–Trinajstić information content (AvgIpc) is 2.86. The fourth-order valence-corrected chi connectivity index (χ4v) is 1.62. The number of carboxylic acids is 1. The average molecular weight is 258 g/mol. The van der Waals surface area contributed by atoms with E-state index in [1.807, 2.05) is 38.1 Å². The van der Waals surface area contributed by atoms with Crippen LogP contribution in [0.15, 0.2) is 28.7 Å². The molecule has 2 aromatic rings. The molecule has 0 amide bonds. The van der Waals surface area contributed by atoms with E-state index in [4.69, 9.17) is 4.42 Å².